The van der Waals surface area contributed by atoms with Gasteiger partial charge in [-0.05, 0) is 18.2 Å². The molecule has 0 atom stereocenters. The zero-order chi connectivity index (χ0) is 16.7. The summed E-state index contributed by atoms with van der Waals surface area (Å²) in [7, 11) is 1.54. The predicted molar refractivity (Wildman–Crippen MR) is 89.7 cm³/mol. The fraction of sp³-hybridized carbons (Fsp3) is 0.111. The number of aromatic amines is 1. The highest BCUT2D eigenvalue weighted by atomic mass is 16.5. The highest BCUT2D eigenvalue weighted by molar-refractivity contribution is 6.08. The third kappa shape index (κ3) is 2.20. The van der Waals surface area contributed by atoms with Crippen molar-refractivity contribution in [3.8, 4) is 5.75 Å². The summed E-state index contributed by atoms with van der Waals surface area (Å²) >= 11 is 0. The van der Waals surface area contributed by atoms with Crippen molar-refractivity contribution in [2.24, 2.45) is 0 Å². The van der Waals surface area contributed by atoms with Gasteiger partial charge in [0.25, 0.3) is 0 Å². The molecule has 0 saturated carbocycles. The van der Waals surface area contributed by atoms with E-state index in [1.807, 2.05) is 24.3 Å². The molecule has 0 radical (unpaired) electrons. The Bertz CT molecular complexity index is 1120. The number of oxazole rings is 1. The van der Waals surface area contributed by atoms with Crippen LogP contribution in [0.1, 0.15) is 10.4 Å². The number of methoxy groups -OCH3 is 1. The number of benzene rings is 2. The Hall–Kier alpha value is -3.28. The molecule has 0 fully saturated rings. The molecule has 0 bridgehead atoms. The number of aromatic nitrogens is 2. The minimum Gasteiger partial charge on any atom is -0.497 e. The lowest BCUT2D eigenvalue weighted by molar-refractivity contribution is 0.0972. The zero-order valence-corrected chi connectivity index (χ0v) is 12.9. The molecule has 2 heterocycles. The lowest BCUT2D eigenvalue weighted by atomic mass is 10.1. The van der Waals surface area contributed by atoms with Gasteiger partial charge in [0, 0.05) is 28.7 Å². The maximum atomic E-state index is 12.7. The number of nitrogens with zero attached hydrogens (tertiary/aromatic N) is 1. The van der Waals surface area contributed by atoms with Crippen LogP contribution in [0, 0.1) is 0 Å². The van der Waals surface area contributed by atoms with Gasteiger partial charge in [0.05, 0.1) is 19.2 Å². The van der Waals surface area contributed by atoms with Gasteiger partial charge >= 0.3 is 5.76 Å². The van der Waals surface area contributed by atoms with Crippen LogP contribution in [-0.4, -0.2) is 22.4 Å². The second kappa shape index (κ2) is 5.42. The van der Waals surface area contributed by atoms with E-state index in [0.717, 1.165) is 10.9 Å². The van der Waals surface area contributed by atoms with Gasteiger partial charge in [-0.1, -0.05) is 18.2 Å². The highest BCUT2D eigenvalue weighted by Gasteiger charge is 2.17. The largest absolute Gasteiger partial charge is 0.497 e. The number of fused-ring (bicyclic) bond motifs is 2. The molecule has 0 spiro atoms. The summed E-state index contributed by atoms with van der Waals surface area (Å²) in [6.07, 6.45) is 1.67. The first-order valence-corrected chi connectivity index (χ1v) is 7.44. The van der Waals surface area contributed by atoms with E-state index < -0.39 is 5.76 Å². The number of nitrogens with one attached hydrogen (secondary N) is 1. The maximum Gasteiger partial charge on any atom is 0.420 e. The molecule has 120 valence electrons. The van der Waals surface area contributed by atoms with E-state index in [1.165, 1.54) is 4.57 Å². The van der Waals surface area contributed by atoms with Crippen molar-refractivity contribution in [1.82, 2.24) is 9.55 Å². The Labute approximate surface area is 136 Å². The molecule has 1 N–H and O–H groups in total. The smallest absolute Gasteiger partial charge is 0.420 e. The van der Waals surface area contributed by atoms with Gasteiger partial charge in [0.2, 0.25) is 0 Å². The van der Waals surface area contributed by atoms with Crippen molar-refractivity contribution in [2.45, 2.75) is 6.54 Å². The fourth-order valence-electron chi connectivity index (χ4n) is 2.85. The number of ketones is 1. The number of para-hydroxylation sites is 1. The van der Waals surface area contributed by atoms with Crippen LogP contribution in [0.3, 0.4) is 0 Å². The number of Topliss-reactive ketones (excluding diaryl/α,β-unsaturated/α-hetero) is 1. The van der Waals surface area contributed by atoms with Gasteiger partial charge in [-0.25, -0.2) is 4.79 Å². The summed E-state index contributed by atoms with van der Waals surface area (Å²) in [6.45, 7) is -0.0964. The average Bonchev–Trinajstić information content (AvgIpc) is 3.16. The van der Waals surface area contributed by atoms with Gasteiger partial charge in [-0.15, -0.1) is 0 Å². The lowest BCUT2D eigenvalue weighted by Gasteiger charge is -2.03. The van der Waals surface area contributed by atoms with Crippen LogP contribution in [0.5, 0.6) is 5.75 Å². The lowest BCUT2D eigenvalue weighted by Crippen LogP contribution is -2.20. The normalized spacial score (nSPS) is 11.2. The Morgan fingerprint density at radius 3 is 2.92 bits per heavy atom. The molecule has 0 aliphatic heterocycles. The Kier molecular flexibility index (Phi) is 3.23. The van der Waals surface area contributed by atoms with E-state index in [0.29, 0.717) is 22.4 Å². The van der Waals surface area contributed by atoms with Gasteiger partial charge in [-0.2, -0.15) is 0 Å². The molecule has 0 amide bonds. The molecule has 2 aromatic heterocycles. The molecule has 0 aliphatic rings. The summed E-state index contributed by atoms with van der Waals surface area (Å²) in [5, 5.41) is 0.834. The molecule has 0 unspecified atom stereocenters. The van der Waals surface area contributed by atoms with Crippen molar-refractivity contribution < 1.29 is 13.9 Å². The third-order valence-corrected chi connectivity index (χ3v) is 4.07. The fourth-order valence-corrected chi connectivity index (χ4v) is 2.85. The monoisotopic (exact) mass is 322 g/mol. The number of H-pyrrole nitrogens is 1. The van der Waals surface area contributed by atoms with Gasteiger partial charge < -0.3 is 14.1 Å². The van der Waals surface area contributed by atoms with Crippen molar-refractivity contribution >= 4 is 27.8 Å². The zero-order valence-electron chi connectivity index (χ0n) is 12.9. The minimum atomic E-state index is -0.563. The first-order valence-electron chi connectivity index (χ1n) is 7.44. The minimum absolute atomic E-state index is 0.0964. The second-order valence-electron chi connectivity index (χ2n) is 5.46. The van der Waals surface area contributed by atoms with Gasteiger partial charge in [-0.3, -0.25) is 9.36 Å². The predicted octanol–water partition coefficient (Wildman–Crippen LogP) is 2.97. The van der Waals surface area contributed by atoms with E-state index in [9.17, 15) is 9.59 Å². The molecular weight excluding hydrogens is 308 g/mol. The number of carbonyl (C=O) groups excluding carboxylic acids is 1. The van der Waals surface area contributed by atoms with Gasteiger partial charge in [0.1, 0.15) is 5.75 Å². The summed E-state index contributed by atoms with van der Waals surface area (Å²) in [6, 6.07) is 12.6. The number of hydrogen-bond acceptors (Lipinski definition) is 4. The van der Waals surface area contributed by atoms with Crippen LogP contribution in [0.2, 0.25) is 0 Å². The molecule has 4 rings (SSSR count). The first-order chi connectivity index (χ1) is 11.7. The number of ether oxygens (including phenoxy) is 1. The third-order valence-electron chi connectivity index (χ3n) is 4.07. The Morgan fingerprint density at radius 1 is 1.25 bits per heavy atom. The molecule has 0 saturated heterocycles. The summed E-state index contributed by atoms with van der Waals surface area (Å²) in [5.41, 5.74) is 2.39. The van der Waals surface area contributed by atoms with E-state index in [4.69, 9.17) is 9.15 Å². The molecular formula is C18H14N2O4. The number of carbonyl (C=O) groups is 1. The molecule has 4 aromatic rings. The van der Waals surface area contributed by atoms with E-state index in [2.05, 4.69) is 4.98 Å². The van der Waals surface area contributed by atoms with Crippen LogP contribution in [0.15, 0.2) is 57.9 Å². The molecule has 24 heavy (non-hydrogen) atoms. The molecule has 2 aromatic carbocycles. The summed E-state index contributed by atoms with van der Waals surface area (Å²) < 4.78 is 11.7. The summed E-state index contributed by atoms with van der Waals surface area (Å²) in [5.74, 6) is -0.136. The van der Waals surface area contributed by atoms with Crippen LogP contribution in [0.4, 0.5) is 0 Å². The first kappa shape index (κ1) is 14.3. The van der Waals surface area contributed by atoms with E-state index in [-0.39, 0.29) is 12.3 Å². The van der Waals surface area contributed by atoms with Crippen LogP contribution >= 0.6 is 0 Å². The number of hydrogen-bond donors (Lipinski definition) is 1. The van der Waals surface area contributed by atoms with Crippen LogP contribution < -0.4 is 10.5 Å². The maximum absolute atomic E-state index is 12.7. The quantitative estimate of drug-likeness (QED) is 0.586. The SMILES string of the molecule is COc1ccc2oc(=O)n(CC(=O)c3c[nH]c4ccccc34)c2c1. The van der Waals surface area contributed by atoms with E-state index >= 15 is 0 Å². The molecule has 0 aliphatic carbocycles. The second-order valence-corrected chi connectivity index (χ2v) is 5.46. The molecule has 6 nitrogen and oxygen atoms in total. The number of rotatable bonds is 4. The van der Waals surface area contributed by atoms with Gasteiger partial charge in [0.15, 0.2) is 11.4 Å². The Morgan fingerprint density at radius 2 is 2.08 bits per heavy atom. The standard InChI is InChI=1S/C18H14N2O4/c1-23-11-6-7-17-15(8-11)20(18(22)24-17)10-16(21)13-9-19-14-5-3-2-4-12(13)14/h2-9,19H,10H2,1H3. The topological polar surface area (TPSA) is 77.2 Å². The van der Waals surface area contributed by atoms with Crippen molar-refractivity contribution in [2.75, 3.05) is 7.11 Å². The molecule has 6 heteroatoms. The van der Waals surface area contributed by atoms with Crippen molar-refractivity contribution in [3.05, 3.63) is 64.8 Å². The van der Waals surface area contributed by atoms with Crippen molar-refractivity contribution in [1.29, 1.82) is 0 Å². The Balaban J connectivity index is 1.77. The average molecular weight is 322 g/mol. The van der Waals surface area contributed by atoms with E-state index in [1.54, 1.807) is 31.5 Å². The van der Waals surface area contributed by atoms with Crippen molar-refractivity contribution in [3.63, 3.8) is 0 Å². The van der Waals surface area contributed by atoms with Crippen LogP contribution in [-0.2, 0) is 6.54 Å². The highest BCUT2D eigenvalue weighted by Crippen LogP contribution is 2.22. The summed E-state index contributed by atoms with van der Waals surface area (Å²) in [4.78, 5) is 27.9. The van der Waals surface area contributed by atoms with Crippen LogP contribution in [0.25, 0.3) is 22.0 Å².